The molecule has 1 heterocycles. The first-order valence-electron chi connectivity index (χ1n) is 9.47. The van der Waals surface area contributed by atoms with E-state index >= 15 is 0 Å². The van der Waals surface area contributed by atoms with Crippen molar-refractivity contribution in [3.63, 3.8) is 0 Å². The van der Waals surface area contributed by atoms with Gasteiger partial charge in [-0.1, -0.05) is 0 Å². The van der Waals surface area contributed by atoms with E-state index in [0.717, 1.165) is 0 Å². The van der Waals surface area contributed by atoms with Gasteiger partial charge in [-0.05, 0) is 91.4 Å². The number of rotatable bonds is 3. The summed E-state index contributed by atoms with van der Waals surface area (Å²) in [6.07, 6.45) is 0. The standard InChI is InChI=1S/C20H30BFO6S/c1-11-14(17(23)26-18(4,5)6)12(2)16(29(22,24)25)13(3)15(11)21-27-19(7,8)20(9,10)28-21/h1-10H3. The second-order valence-electron chi connectivity index (χ2n) is 9.52. The van der Waals surface area contributed by atoms with Gasteiger partial charge in [0.15, 0.2) is 0 Å². The minimum absolute atomic E-state index is 0.00598. The minimum Gasteiger partial charge on any atom is -0.456 e. The summed E-state index contributed by atoms with van der Waals surface area (Å²) in [5.41, 5.74) is -1.24. The Morgan fingerprint density at radius 2 is 1.41 bits per heavy atom. The van der Waals surface area contributed by atoms with Crippen molar-refractivity contribution in [3.8, 4) is 0 Å². The van der Waals surface area contributed by atoms with E-state index in [2.05, 4.69) is 0 Å². The predicted octanol–water partition coefficient (Wildman–Crippen LogP) is 3.52. The third-order valence-electron chi connectivity index (χ3n) is 5.57. The third kappa shape index (κ3) is 4.37. The van der Waals surface area contributed by atoms with Crippen LogP contribution in [0, 0.1) is 20.8 Å². The molecule has 0 aromatic heterocycles. The Balaban J connectivity index is 2.82. The number of carbonyl (C=O) groups excluding carboxylic acids is 1. The normalized spacial score (nSPS) is 18.8. The molecule has 1 aliphatic heterocycles. The summed E-state index contributed by atoms with van der Waals surface area (Å²) in [5.74, 6) is -0.727. The van der Waals surface area contributed by atoms with E-state index in [4.69, 9.17) is 14.0 Å². The van der Waals surface area contributed by atoms with Crippen LogP contribution in [0.25, 0.3) is 0 Å². The van der Waals surface area contributed by atoms with Gasteiger partial charge in [0.05, 0.1) is 16.8 Å². The average molecular weight is 428 g/mol. The van der Waals surface area contributed by atoms with Crippen LogP contribution in [0.3, 0.4) is 0 Å². The molecule has 0 saturated carbocycles. The van der Waals surface area contributed by atoms with Crippen LogP contribution in [0.2, 0.25) is 0 Å². The van der Waals surface area contributed by atoms with Crippen LogP contribution < -0.4 is 5.46 Å². The number of carbonyl (C=O) groups is 1. The smallest absolute Gasteiger partial charge is 0.456 e. The SMILES string of the molecule is Cc1c(B2OC(C)(C)C(C)(C)O2)c(C)c(S(=O)(=O)F)c(C)c1C(=O)OC(C)(C)C. The molecule has 0 unspecified atom stereocenters. The van der Waals surface area contributed by atoms with Crippen LogP contribution in [0.5, 0.6) is 0 Å². The Morgan fingerprint density at radius 1 is 0.966 bits per heavy atom. The molecule has 6 nitrogen and oxygen atoms in total. The average Bonchev–Trinajstić information content (AvgIpc) is 2.62. The molecular formula is C20H30BFO6S. The van der Waals surface area contributed by atoms with Gasteiger partial charge in [0.1, 0.15) is 10.5 Å². The Morgan fingerprint density at radius 3 is 1.79 bits per heavy atom. The molecule has 1 aromatic rings. The van der Waals surface area contributed by atoms with E-state index in [9.17, 15) is 17.1 Å². The molecule has 9 heteroatoms. The summed E-state index contributed by atoms with van der Waals surface area (Å²) in [6, 6.07) is 0. The van der Waals surface area contributed by atoms with Crippen LogP contribution >= 0.6 is 0 Å². The van der Waals surface area contributed by atoms with E-state index in [-0.39, 0.29) is 16.7 Å². The van der Waals surface area contributed by atoms with Crippen LogP contribution in [-0.4, -0.2) is 38.3 Å². The number of hydrogen-bond acceptors (Lipinski definition) is 6. The Bertz CT molecular complexity index is 944. The second-order valence-corrected chi connectivity index (χ2v) is 10.8. The molecule has 0 atom stereocenters. The first kappa shape index (κ1) is 23.8. The van der Waals surface area contributed by atoms with Gasteiger partial charge < -0.3 is 14.0 Å². The lowest BCUT2D eigenvalue weighted by Crippen LogP contribution is -2.41. The number of hydrogen-bond donors (Lipinski definition) is 0. The molecule has 1 aromatic carbocycles. The maximum atomic E-state index is 14.3. The fourth-order valence-corrected chi connectivity index (χ4v) is 4.47. The molecule has 162 valence electrons. The number of ether oxygens (including phenoxy) is 1. The van der Waals surface area contributed by atoms with Crippen molar-refractivity contribution in [3.05, 3.63) is 22.3 Å². The van der Waals surface area contributed by atoms with E-state index in [1.165, 1.54) is 13.8 Å². The van der Waals surface area contributed by atoms with Crippen molar-refractivity contribution >= 4 is 28.8 Å². The zero-order valence-electron chi connectivity index (χ0n) is 18.8. The predicted molar refractivity (Wildman–Crippen MR) is 110 cm³/mol. The van der Waals surface area contributed by atoms with Gasteiger partial charge in [-0.3, -0.25) is 0 Å². The monoisotopic (exact) mass is 428 g/mol. The lowest BCUT2D eigenvalue weighted by atomic mass is 9.71. The maximum absolute atomic E-state index is 14.3. The molecule has 0 radical (unpaired) electrons. The minimum atomic E-state index is -5.11. The van der Waals surface area contributed by atoms with Crippen molar-refractivity contribution in [1.82, 2.24) is 0 Å². The van der Waals surface area contributed by atoms with Crippen molar-refractivity contribution in [2.24, 2.45) is 0 Å². The van der Waals surface area contributed by atoms with Crippen LogP contribution in [-0.2, 0) is 24.3 Å². The fraction of sp³-hybridized carbons (Fsp3) is 0.650. The highest BCUT2D eigenvalue weighted by molar-refractivity contribution is 7.86. The number of esters is 1. The number of benzene rings is 1. The van der Waals surface area contributed by atoms with Crippen molar-refractivity contribution < 1.29 is 31.1 Å². The lowest BCUT2D eigenvalue weighted by Gasteiger charge is -2.32. The first-order chi connectivity index (χ1) is 12.8. The number of halogens is 1. The maximum Gasteiger partial charge on any atom is 0.495 e. The van der Waals surface area contributed by atoms with E-state index in [1.54, 1.807) is 27.7 Å². The molecule has 2 rings (SSSR count). The van der Waals surface area contributed by atoms with E-state index in [0.29, 0.717) is 11.0 Å². The molecule has 0 aliphatic carbocycles. The summed E-state index contributed by atoms with van der Waals surface area (Å²) < 4.78 is 55.8. The molecular weight excluding hydrogens is 398 g/mol. The fourth-order valence-electron chi connectivity index (χ4n) is 3.53. The lowest BCUT2D eigenvalue weighted by molar-refractivity contribution is 0.00578. The highest BCUT2D eigenvalue weighted by Gasteiger charge is 2.53. The molecule has 0 N–H and O–H groups in total. The van der Waals surface area contributed by atoms with Crippen LogP contribution in [0.4, 0.5) is 3.89 Å². The molecule has 0 spiro atoms. The van der Waals surface area contributed by atoms with Crippen molar-refractivity contribution in [1.29, 1.82) is 0 Å². The Hall–Kier alpha value is -1.45. The second kappa shape index (κ2) is 7.06. The Kier molecular flexibility index (Phi) is 5.80. The topological polar surface area (TPSA) is 78.9 Å². The zero-order valence-corrected chi connectivity index (χ0v) is 19.6. The van der Waals surface area contributed by atoms with Crippen molar-refractivity contribution in [2.75, 3.05) is 0 Å². The van der Waals surface area contributed by atoms with Gasteiger partial charge in [-0.2, -0.15) is 8.42 Å². The van der Waals surface area contributed by atoms with Gasteiger partial charge in [-0.25, -0.2) is 4.79 Å². The summed E-state index contributed by atoms with van der Waals surface area (Å²) in [6.45, 7) is 17.1. The van der Waals surface area contributed by atoms with Gasteiger partial charge in [-0.15, -0.1) is 3.89 Å². The quantitative estimate of drug-likeness (QED) is 0.417. The molecule has 0 amide bonds. The Labute approximate surface area is 173 Å². The largest absolute Gasteiger partial charge is 0.495 e. The molecule has 1 aliphatic rings. The van der Waals surface area contributed by atoms with Gasteiger partial charge in [0.25, 0.3) is 0 Å². The summed E-state index contributed by atoms with van der Waals surface area (Å²) in [4.78, 5) is 12.3. The van der Waals surface area contributed by atoms with Gasteiger partial charge >= 0.3 is 23.3 Å². The van der Waals surface area contributed by atoms with Crippen LogP contribution in [0.1, 0.15) is 75.5 Å². The highest BCUT2D eigenvalue weighted by Crippen LogP contribution is 2.38. The summed E-state index contributed by atoms with van der Waals surface area (Å²) >= 11 is 0. The van der Waals surface area contributed by atoms with E-state index in [1.807, 2.05) is 27.7 Å². The highest BCUT2D eigenvalue weighted by atomic mass is 32.3. The third-order valence-corrected chi connectivity index (χ3v) is 6.67. The molecule has 1 fully saturated rings. The van der Waals surface area contributed by atoms with Gasteiger partial charge in [0.2, 0.25) is 0 Å². The van der Waals surface area contributed by atoms with Crippen molar-refractivity contribution in [2.45, 2.75) is 90.9 Å². The zero-order chi connectivity index (χ0) is 22.7. The molecule has 0 bridgehead atoms. The molecule has 29 heavy (non-hydrogen) atoms. The summed E-state index contributed by atoms with van der Waals surface area (Å²) in [5, 5.41) is 0. The van der Waals surface area contributed by atoms with Crippen LogP contribution in [0.15, 0.2) is 4.90 Å². The molecule has 1 saturated heterocycles. The summed E-state index contributed by atoms with van der Waals surface area (Å²) in [7, 11) is -6.07. The van der Waals surface area contributed by atoms with Gasteiger partial charge in [0, 0.05) is 0 Å². The first-order valence-corrected chi connectivity index (χ1v) is 10.9. The van der Waals surface area contributed by atoms with E-state index < -0.39 is 45.0 Å².